The summed E-state index contributed by atoms with van der Waals surface area (Å²) < 4.78 is 5.30. The first kappa shape index (κ1) is 10.6. The summed E-state index contributed by atoms with van der Waals surface area (Å²) in [6.45, 7) is 6.84. The van der Waals surface area contributed by atoms with E-state index in [4.69, 9.17) is 4.74 Å². The van der Waals surface area contributed by atoms with E-state index in [1.807, 2.05) is 20.8 Å². The van der Waals surface area contributed by atoms with E-state index in [1.165, 1.54) is 0 Å². The molecule has 1 atom stereocenters. The van der Waals surface area contributed by atoms with Gasteiger partial charge in [-0.3, -0.25) is 4.90 Å². The Kier molecular flexibility index (Phi) is 3.05. The molecule has 0 aromatic carbocycles. The second kappa shape index (κ2) is 3.74. The number of rotatable bonds is 3. The van der Waals surface area contributed by atoms with E-state index in [9.17, 15) is 9.90 Å². The van der Waals surface area contributed by atoms with E-state index in [2.05, 4.69) is 0 Å². The van der Waals surface area contributed by atoms with E-state index in [1.54, 1.807) is 4.90 Å². The summed E-state index contributed by atoms with van der Waals surface area (Å²) in [4.78, 5) is 12.0. The summed E-state index contributed by atoms with van der Waals surface area (Å²) in [7, 11) is 0. The van der Waals surface area contributed by atoms with Gasteiger partial charge in [0.1, 0.15) is 6.29 Å². The molecule has 0 amide bonds. The average molecular weight is 187 g/mol. The third-order valence-electron chi connectivity index (χ3n) is 1.90. The van der Waals surface area contributed by atoms with Crippen molar-refractivity contribution in [3.8, 4) is 0 Å². The number of ether oxygens (including phenoxy) is 1. The Morgan fingerprint density at radius 2 is 2.08 bits per heavy atom. The zero-order chi connectivity index (χ0) is 10.1. The third kappa shape index (κ3) is 3.06. The normalized spacial score (nSPS) is 22.5. The topological polar surface area (TPSA) is 49.8 Å². The Balaban J connectivity index is 2.27. The van der Waals surface area contributed by atoms with Crippen molar-refractivity contribution in [2.24, 2.45) is 5.92 Å². The van der Waals surface area contributed by atoms with Crippen molar-refractivity contribution in [2.45, 2.75) is 32.8 Å². The molecule has 0 aromatic heterocycles. The van der Waals surface area contributed by atoms with Gasteiger partial charge in [-0.1, -0.05) is 0 Å². The van der Waals surface area contributed by atoms with Crippen LogP contribution in [0.1, 0.15) is 20.8 Å². The van der Waals surface area contributed by atoms with Crippen LogP contribution < -0.4 is 0 Å². The van der Waals surface area contributed by atoms with E-state index >= 15 is 0 Å². The highest BCUT2D eigenvalue weighted by Crippen LogP contribution is 2.19. The SMILES string of the molecule is CC(C)(C)OC(O)N1CC(C=O)C1. The van der Waals surface area contributed by atoms with Crippen molar-refractivity contribution in [1.82, 2.24) is 4.90 Å². The predicted octanol–water partition coefficient (Wildman–Crippen LogP) is 0.208. The summed E-state index contributed by atoms with van der Waals surface area (Å²) in [6.07, 6.45) is 0.0385. The van der Waals surface area contributed by atoms with Crippen molar-refractivity contribution in [3.05, 3.63) is 0 Å². The van der Waals surface area contributed by atoms with Gasteiger partial charge in [-0.2, -0.15) is 0 Å². The number of aliphatic hydroxyl groups is 1. The smallest absolute Gasteiger partial charge is 0.216 e. The number of carbonyl (C=O) groups is 1. The van der Waals surface area contributed by atoms with Crippen LogP contribution in [-0.2, 0) is 9.53 Å². The van der Waals surface area contributed by atoms with Crippen LogP contribution in [0.25, 0.3) is 0 Å². The van der Waals surface area contributed by atoms with Gasteiger partial charge in [0.25, 0.3) is 0 Å². The third-order valence-corrected chi connectivity index (χ3v) is 1.90. The van der Waals surface area contributed by atoms with Gasteiger partial charge in [0.15, 0.2) is 0 Å². The molecule has 0 radical (unpaired) electrons. The number of carbonyl (C=O) groups excluding carboxylic acids is 1. The highest BCUT2D eigenvalue weighted by atomic mass is 16.6. The summed E-state index contributed by atoms with van der Waals surface area (Å²) in [5.41, 5.74) is -0.355. The fourth-order valence-electron chi connectivity index (χ4n) is 1.21. The standard InChI is InChI=1S/C9H17NO3/c1-9(2,3)13-8(12)10-4-7(5-10)6-11/h6-8,12H,4-5H2,1-3H3. The monoisotopic (exact) mass is 187 g/mol. The molecular formula is C9H17NO3. The molecule has 0 saturated carbocycles. The van der Waals surface area contributed by atoms with E-state index < -0.39 is 6.41 Å². The van der Waals surface area contributed by atoms with Gasteiger partial charge in [0.2, 0.25) is 6.41 Å². The number of hydrogen-bond donors (Lipinski definition) is 1. The van der Waals surface area contributed by atoms with Crippen molar-refractivity contribution in [1.29, 1.82) is 0 Å². The lowest BCUT2D eigenvalue weighted by atomic mass is 10.0. The lowest BCUT2D eigenvalue weighted by molar-refractivity contribution is -0.258. The number of aliphatic hydroxyl groups excluding tert-OH is 1. The van der Waals surface area contributed by atoms with E-state index in [0.717, 1.165) is 6.29 Å². The fourth-order valence-corrected chi connectivity index (χ4v) is 1.21. The number of likely N-dealkylation sites (tertiary alicyclic amines) is 1. The molecule has 1 fully saturated rings. The first-order chi connectivity index (χ1) is 5.92. The minimum Gasteiger partial charge on any atom is -0.356 e. The highest BCUT2D eigenvalue weighted by molar-refractivity contribution is 5.55. The lowest BCUT2D eigenvalue weighted by Crippen LogP contribution is -2.55. The van der Waals surface area contributed by atoms with Crippen molar-refractivity contribution in [3.63, 3.8) is 0 Å². The van der Waals surface area contributed by atoms with Gasteiger partial charge in [0.05, 0.1) is 5.60 Å². The largest absolute Gasteiger partial charge is 0.356 e. The van der Waals surface area contributed by atoms with Crippen LogP contribution in [0.5, 0.6) is 0 Å². The van der Waals surface area contributed by atoms with Gasteiger partial charge in [-0.25, -0.2) is 0 Å². The zero-order valence-electron chi connectivity index (χ0n) is 8.36. The van der Waals surface area contributed by atoms with Crippen LogP contribution >= 0.6 is 0 Å². The predicted molar refractivity (Wildman–Crippen MR) is 48.0 cm³/mol. The summed E-state index contributed by atoms with van der Waals surface area (Å²) >= 11 is 0. The zero-order valence-corrected chi connectivity index (χ0v) is 8.36. The number of hydrogen-bond acceptors (Lipinski definition) is 4. The minimum absolute atomic E-state index is 0.0678. The maximum absolute atomic E-state index is 10.3. The molecule has 4 nitrogen and oxygen atoms in total. The number of nitrogens with zero attached hydrogens (tertiary/aromatic N) is 1. The van der Waals surface area contributed by atoms with Gasteiger partial charge in [-0.05, 0) is 20.8 Å². The Hall–Kier alpha value is -0.450. The Labute approximate surface area is 78.5 Å². The van der Waals surface area contributed by atoms with E-state index in [-0.39, 0.29) is 11.5 Å². The molecule has 1 rings (SSSR count). The fraction of sp³-hybridized carbons (Fsp3) is 0.889. The van der Waals surface area contributed by atoms with Crippen LogP contribution in [0, 0.1) is 5.92 Å². The van der Waals surface area contributed by atoms with E-state index in [0.29, 0.717) is 13.1 Å². The van der Waals surface area contributed by atoms with Gasteiger partial charge in [-0.15, -0.1) is 0 Å². The Bertz CT molecular complexity index is 182. The van der Waals surface area contributed by atoms with Crippen LogP contribution in [0.4, 0.5) is 0 Å². The molecule has 76 valence electrons. The Morgan fingerprint density at radius 1 is 1.54 bits per heavy atom. The number of aldehydes is 1. The van der Waals surface area contributed by atoms with Gasteiger partial charge < -0.3 is 14.6 Å². The molecule has 1 heterocycles. The molecule has 1 unspecified atom stereocenters. The average Bonchev–Trinajstić information content (AvgIpc) is 1.79. The first-order valence-electron chi connectivity index (χ1n) is 4.47. The minimum atomic E-state index is -0.879. The highest BCUT2D eigenvalue weighted by Gasteiger charge is 2.33. The maximum atomic E-state index is 10.3. The molecule has 0 spiro atoms. The maximum Gasteiger partial charge on any atom is 0.216 e. The van der Waals surface area contributed by atoms with Crippen molar-refractivity contribution in [2.75, 3.05) is 13.1 Å². The quantitative estimate of drug-likeness (QED) is 0.507. The molecular weight excluding hydrogens is 170 g/mol. The molecule has 1 N–H and O–H groups in total. The van der Waals surface area contributed by atoms with Crippen LogP contribution in [0.2, 0.25) is 0 Å². The van der Waals surface area contributed by atoms with Crippen molar-refractivity contribution < 1.29 is 14.6 Å². The summed E-state index contributed by atoms with van der Waals surface area (Å²) in [5.74, 6) is 0.0678. The van der Waals surface area contributed by atoms with Crippen LogP contribution in [-0.4, -0.2) is 41.4 Å². The molecule has 0 aromatic rings. The molecule has 1 aliphatic heterocycles. The Morgan fingerprint density at radius 3 is 2.46 bits per heavy atom. The molecule has 4 heteroatoms. The van der Waals surface area contributed by atoms with Crippen LogP contribution in [0.15, 0.2) is 0 Å². The molecule has 1 aliphatic rings. The second-order valence-electron chi connectivity index (χ2n) is 4.41. The second-order valence-corrected chi connectivity index (χ2v) is 4.41. The molecule has 1 saturated heterocycles. The van der Waals surface area contributed by atoms with Crippen molar-refractivity contribution >= 4 is 6.29 Å². The molecule has 13 heavy (non-hydrogen) atoms. The van der Waals surface area contributed by atoms with Gasteiger partial charge in [0, 0.05) is 19.0 Å². The molecule has 0 aliphatic carbocycles. The van der Waals surface area contributed by atoms with Crippen LogP contribution in [0.3, 0.4) is 0 Å². The van der Waals surface area contributed by atoms with Gasteiger partial charge >= 0.3 is 0 Å². The summed E-state index contributed by atoms with van der Waals surface area (Å²) in [5, 5.41) is 9.51. The molecule has 0 bridgehead atoms. The lowest BCUT2D eigenvalue weighted by Gasteiger charge is -2.41. The first-order valence-corrected chi connectivity index (χ1v) is 4.47. The summed E-state index contributed by atoms with van der Waals surface area (Å²) in [6, 6.07) is 0.